The lowest BCUT2D eigenvalue weighted by molar-refractivity contribution is -0.134. The van der Waals surface area contributed by atoms with Crippen LogP contribution in [0.2, 0.25) is 0 Å². The smallest absolute Gasteiger partial charge is 0.242 e. The van der Waals surface area contributed by atoms with Crippen molar-refractivity contribution in [3.63, 3.8) is 0 Å². The summed E-state index contributed by atoms with van der Waals surface area (Å²) >= 11 is 0. The molecule has 2 rings (SSSR count). The predicted molar refractivity (Wildman–Crippen MR) is 37.6 cm³/mol. The summed E-state index contributed by atoms with van der Waals surface area (Å²) in [7, 11) is 0. The van der Waals surface area contributed by atoms with E-state index >= 15 is 0 Å². The first-order valence-electron chi connectivity index (χ1n) is 3.79. The van der Waals surface area contributed by atoms with Crippen molar-refractivity contribution >= 4 is 5.91 Å². The highest BCUT2D eigenvalue weighted by Crippen LogP contribution is 2.27. The Labute approximate surface area is 60.2 Å². The first kappa shape index (κ1) is 6.16. The van der Waals surface area contributed by atoms with Gasteiger partial charge in [-0.1, -0.05) is 0 Å². The van der Waals surface area contributed by atoms with Gasteiger partial charge in [0.2, 0.25) is 5.91 Å². The Balaban J connectivity index is 2.11. The fourth-order valence-corrected chi connectivity index (χ4v) is 1.77. The Morgan fingerprint density at radius 3 is 2.70 bits per heavy atom. The molecule has 0 radical (unpaired) electrons. The Hall–Kier alpha value is -0.570. The molecule has 2 unspecified atom stereocenters. The highest BCUT2D eigenvalue weighted by Gasteiger charge is 2.49. The Bertz CT molecular complexity index is 180. The summed E-state index contributed by atoms with van der Waals surface area (Å²) in [5, 5.41) is 6.06. The van der Waals surface area contributed by atoms with Gasteiger partial charge >= 0.3 is 0 Å². The van der Waals surface area contributed by atoms with Crippen LogP contribution in [0.1, 0.15) is 19.8 Å². The van der Waals surface area contributed by atoms with Gasteiger partial charge in [-0.15, -0.1) is 0 Å². The van der Waals surface area contributed by atoms with E-state index in [2.05, 4.69) is 17.6 Å². The summed E-state index contributed by atoms with van der Waals surface area (Å²) in [6.45, 7) is 2.95. The molecule has 0 saturated carbocycles. The molecule has 1 amide bonds. The van der Waals surface area contributed by atoms with E-state index in [9.17, 15) is 4.79 Å². The van der Waals surface area contributed by atoms with Crippen molar-refractivity contribution < 1.29 is 4.79 Å². The zero-order valence-corrected chi connectivity index (χ0v) is 6.11. The van der Waals surface area contributed by atoms with Crippen LogP contribution < -0.4 is 10.6 Å². The fourth-order valence-electron chi connectivity index (χ4n) is 1.77. The largest absolute Gasteiger partial charge is 0.352 e. The quantitative estimate of drug-likeness (QED) is 0.451. The van der Waals surface area contributed by atoms with E-state index in [4.69, 9.17) is 0 Å². The second-order valence-electron chi connectivity index (χ2n) is 3.35. The Morgan fingerprint density at radius 2 is 2.50 bits per heavy atom. The van der Waals surface area contributed by atoms with Crippen molar-refractivity contribution in [3.8, 4) is 0 Å². The van der Waals surface area contributed by atoms with Gasteiger partial charge in [0.15, 0.2) is 0 Å². The van der Waals surface area contributed by atoms with Crippen LogP contribution in [0.15, 0.2) is 0 Å². The van der Waals surface area contributed by atoms with Crippen LogP contribution in [0.5, 0.6) is 0 Å². The number of carbonyl (C=O) groups is 1. The van der Waals surface area contributed by atoms with Crippen LogP contribution in [0.25, 0.3) is 0 Å². The number of hydrogen-bond donors (Lipinski definition) is 2. The number of β-lactam (4-membered cyclic amide) rings is 1. The average molecular weight is 140 g/mol. The number of hydrogen-bond acceptors (Lipinski definition) is 2. The molecule has 0 bridgehead atoms. The standard InChI is InChI=1S/C7H12N2O/c1-5-2-3-7(9-5)4-8-6(7)10/h5,9H,2-4H2,1H3,(H,8,10). The molecule has 10 heavy (non-hydrogen) atoms. The minimum absolute atomic E-state index is 0.153. The lowest BCUT2D eigenvalue weighted by Crippen LogP contribution is -2.70. The van der Waals surface area contributed by atoms with Gasteiger partial charge in [-0.3, -0.25) is 10.1 Å². The molecule has 2 aliphatic heterocycles. The van der Waals surface area contributed by atoms with Gasteiger partial charge < -0.3 is 5.32 Å². The summed E-state index contributed by atoms with van der Waals surface area (Å²) < 4.78 is 0. The molecule has 2 N–H and O–H groups in total. The predicted octanol–water partition coefficient (Wildman–Crippen LogP) is -0.373. The van der Waals surface area contributed by atoms with E-state index in [1.54, 1.807) is 0 Å². The van der Waals surface area contributed by atoms with Gasteiger partial charge in [0.05, 0.1) is 0 Å². The highest BCUT2D eigenvalue weighted by atomic mass is 16.2. The molecule has 2 saturated heterocycles. The molecule has 3 nitrogen and oxygen atoms in total. The maximum Gasteiger partial charge on any atom is 0.242 e. The third-order valence-electron chi connectivity index (χ3n) is 2.51. The van der Waals surface area contributed by atoms with Crippen LogP contribution in [0.3, 0.4) is 0 Å². The van der Waals surface area contributed by atoms with Crippen LogP contribution in [-0.2, 0) is 4.79 Å². The highest BCUT2D eigenvalue weighted by molar-refractivity contribution is 5.93. The topological polar surface area (TPSA) is 41.1 Å². The number of nitrogens with one attached hydrogen (secondary N) is 2. The van der Waals surface area contributed by atoms with E-state index in [-0.39, 0.29) is 11.4 Å². The van der Waals surface area contributed by atoms with Crippen LogP contribution in [0.4, 0.5) is 0 Å². The first-order chi connectivity index (χ1) is 4.73. The number of amides is 1. The zero-order chi connectivity index (χ0) is 7.19. The normalized spacial score (nSPS) is 45.3. The molecular formula is C7H12N2O. The van der Waals surface area contributed by atoms with Gasteiger partial charge in [0, 0.05) is 12.6 Å². The van der Waals surface area contributed by atoms with Gasteiger partial charge in [-0.25, -0.2) is 0 Å². The van der Waals surface area contributed by atoms with E-state index in [0.29, 0.717) is 6.04 Å². The Morgan fingerprint density at radius 1 is 1.70 bits per heavy atom. The summed E-state index contributed by atoms with van der Waals surface area (Å²) in [5.74, 6) is 0.192. The summed E-state index contributed by atoms with van der Waals surface area (Å²) in [4.78, 5) is 11.0. The van der Waals surface area contributed by atoms with Gasteiger partial charge in [0.1, 0.15) is 5.54 Å². The lowest BCUT2D eigenvalue weighted by Gasteiger charge is -2.37. The summed E-state index contributed by atoms with van der Waals surface area (Å²) in [6, 6.07) is 0.519. The monoisotopic (exact) mass is 140 g/mol. The van der Waals surface area contributed by atoms with Crippen molar-refractivity contribution in [2.45, 2.75) is 31.3 Å². The van der Waals surface area contributed by atoms with Crippen molar-refractivity contribution in [1.29, 1.82) is 0 Å². The molecular weight excluding hydrogens is 128 g/mol. The molecule has 3 heteroatoms. The number of rotatable bonds is 0. The molecule has 2 aliphatic rings. The second kappa shape index (κ2) is 1.72. The molecule has 1 spiro atoms. The van der Waals surface area contributed by atoms with E-state index in [1.165, 1.54) is 0 Å². The maximum absolute atomic E-state index is 11.0. The second-order valence-corrected chi connectivity index (χ2v) is 3.35. The summed E-state index contributed by atoms with van der Waals surface area (Å²) in [6.07, 6.45) is 2.15. The molecule has 2 atom stereocenters. The van der Waals surface area contributed by atoms with Gasteiger partial charge in [-0.2, -0.15) is 0 Å². The van der Waals surface area contributed by atoms with Crippen LogP contribution in [-0.4, -0.2) is 24.0 Å². The SMILES string of the molecule is CC1CCC2(CNC2=O)N1. The minimum Gasteiger partial charge on any atom is -0.352 e. The molecule has 0 aromatic heterocycles. The molecule has 0 aliphatic carbocycles. The Kier molecular flexibility index (Phi) is 1.06. The summed E-state index contributed by atoms with van der Waals surface area (Å²) in [5.41, 5.74) is -0.153. The van der Waals surface area contributed by atoms with Crippen molar-refractivity contribution in [2.24, 2.45) is 0 Å². The molecule has 2 fully saturated rings. The third-order valence-corrected chi connectivity index (χ3v) is 2.51. The van der Waals surface area contributed by atoms with Crippen molar-refractivity contribution in [1.82, 2.24) is 10.6 Å². The fraction of sp³-hybridized carbons (Fsp3) is 0.857. The van der Waals surface area contributed by atoms with E-state index in [0.717, 1.165) is 19.4 Å². The maximum atomic E-state index is 11.0. The van der Waals surface area contributed by atoms with E-state index in [1.807, 2.05) is 0 Å². The van der Waals surface area contributed by atoms with Gasteiger partial charge in [-0.05, 0) is 19.8 Å². The third kappa shape index (κ3) is 0.611. The van der Waals surface area contributed by atoms with Crippen molar-refractivity contribution in [3.05, 3.63) is 0 Å². The lowest BCUT2D eigenvalue weighted by atomic mass is 9.90. The van der Waals surface area contributed by atoms with Crippen molar-refractivity contribution in [2.75, 3.05) is 6.54 Å². The van der Waals surface area contributed by atoms with E-state index < -0.39 is 0 Å². The van der Waals surface area contributed by atoms with Gasteiger partial charge in [0.25, 0.3) is 0 Å². The minimum atomic E-state index is -0.153. The average Bonchev–Trinajstić information content (AvgIpc) is 2.31. The number of carbonyl (C=O) groups excluding carboxylic acids is 1. The first-order valence-corrected chi connectivity index (χ1v) is 3.79. The molecule has 0 aromatic carbocycles. The van der Waals surface area contributed by atoms with Crippen LogP contribution in [0, 0.1) is 0 Å². The van der Waals surface area contributed by atoms with Crippen LogP contribution >= 0.6 is 0 Å². The molecule has 0 aromatic rings. The molecule has 56 valence electrons. The zero-order valence-electron chi connectivity index (χ0n) is 6.11. The molecule has 2 heterocycles.